The summed E-state index contributed by atoms with van der Waals surface area (Å²) >= 11 is 6.24. The van der Waals surface area contributed by atoms with Crippen molar-refractivity contribution in [1.29, 1.82) is 0 Å². The molecule has 3 rings (SSSR count). The lowest BCUT2D eigenvalue weighted by Crippen LogP contribution is -2.09. The summed E-state index contributed by atoms with van der Waals surface area (Å²) < 4.78 is 0. The van der Waals surface area contributed by atoms with Crippen LogP contribution in [0.2, 0.25) is 5.02 Å². The summed E-state index contributed by atoms with van der Waals surface area (Å²) in [5.74, 6) is -0.169. The maximum absolute atomic E-state index is 11.8. The van der Waals surface area contributed by atoms with Crippen LogP contribution in [0.15, 0.2) is 48.5 Å². The van der Waals surface area contributed by atoms with Crippen molar-refractivity contribution in [2.45, 2.75) is 6.42 Å². The second kappa shape index (κ2) is 5.61. The first kappa shape index (κ1) is 14.3. The van der Waals surface area contributed by atoms with Crippen LogP contribution >= 0.6 is 11.6 Å². The van der Waals surface area contributed by atoms with E-state index in [-0.39, 0.29) is 18.0 Å². The molecule has 22 heavy (non-hydrogen) atoms. The molecular weight excluding hydrogens is 304 g/mol. The molecular formula is C16H11ClN2O3. The van der Waals surface area contributed by atoms with Crippen LogP contribution < -0.4 is 5.32 Å². The van der Waals surface area contributed by atoms with E-state index in [4.69, 9.17) is 11.6 Å². The van der Waals surface area contributed by atoms with E-state index < -0.39 is 4.92 Å². The Kier molecular flexibility index (Phi) is 3.65. The summed E-state index contributed by atoms with van der Waals surface area (Å²) in [4.78, 5) is 22.4. The number of carbonyl (C=O) groups excluding carboxylic acids is 1. The molecule has 1 aliphatic rings. The van der Waals surface area contributed by atoms with Crippen LogP contribution in [0.25, 0.3) is 5.57 Å². The number of halogens is 1. The van der Waals surface area contributed by atoms with Crippen LogP contribution in [0.3, 0.4) is 0 Å². The van der Waals surface area contributed by atoms with E-state index in [1.165, 1.54) is 12.1 Å². The van der Waals surface area contributed by atoms with Gasteiger partial charge in [-0.3, -0.25) is 14.9 Å². The van der Waals surface area contributed by atoms with Gasteiger partial charge in [-0.1, -0.05) is 35.9 Å². The van der Waals surface area contributed by atoms with E-state index in [1.54, 1.807) is 24.3 Å². The number of nitro benzene ring substituents is 1. The molecule has 0 saturated carbocycles. The molecule has 2 aromatic carbocycles. The molecule has 0 unspecified atom stereocenters. The zero-order valence-corrected chi connectivity index (χ0v) is 12.1. The molecule has 1 heterocycles. The number of hydrogen-bond acceptors (Lipinski definition) is 3. The standard InChI is InChI=1S/C16H11ClN2O3/c17-14-4-2-1-3-12(14)11-6-8-16(20)18-15-7-5-10(19(21)22)9-13(11)15/h1-7,9H,8H2,(H,18,20). The summed E-state index contributed by atoms with van der Waals surface area (Å²) in [6, 6.07) is 11.6. The first-order valence-electron chi connectivity index (χ1n) is 6.60. The van der Waals surface area contributed by atoms with Gasteiger partial charge in [-0.2, -0.15) is 0 Å². The highest BCUT2D eigenvalue weighted by molar-refractivity contribution is 6.32. The van der Waals surface area contributed by atoms with Gasteiger partial charge in [0.05, 0.1) is 4.92 Å². The highest BCUT2D eigenvalue weighted by Crippen LogP contribution is 2.37. The lowest BCUT2D eigenvalue weighted by atomic mass is 9.95. The van der Waals surface area contributed by atoms with E-state index in [2.05, 4.69) is 5.32 Å². The second-order valence-electron chi connectivity index (χ2n) is 4.84. The van der Waals surface area contributed by atoms with Crippen LogP contribution in [0.1, 0.15) is 17.5 Å². The predicted octanol–water partition coefficient (Wildman–Crippen LogP) is 4.02. The summed E-state index contributed by atoms with van der Waals surface area (Å²) in [5.41, 5.74) is 2.55. The van der Waals surface area contributed by atoms with Crippen molar-refractivity contribution in [2.75, 3.05) is 5.32 Å². The average molecular weight is 315 g/mol. The Morgan fingerprint density at radius 1 is 1.14 bits per heavy atom. The van der Waals surface area contributed by atoms with Gasteiger partial charge < -0.3 is 5.32 Å². The van der Waals surface area contributed by atoms with Crippen molar-refractivity contribution in [1.82, 2.24) is 0 Å². The molecule has 1 aliphatic heterocycles. The number of anilines is 1. The second-order valence-corrected chi connectivity index (χ2v) is 5.24. The Balaban J connectivity index is 2.23. The molecule has 0 spiro atoms. The number of rotatable bonds is 2. The van der Waals surface area contributed by atoms with Crippen molar-refractivity contribution in [2.24, 2.45) is 0 Å². The van der Waals surface area contributed by atoms with E-state index in [9.17, 15) is 14.9 Å². The number of nitrogens with one attached hydrogen (secondary N) is 1. The third-order valence-electron chi connectivity index (χ3n) is 3.43. The third kappa shape index (κ3) is 2.58. The number of carbonyl (C=O) groups is 1. The van der Waals surface area contributed by atoms with Gasteiger partial charge in [0.1, 0.15) is 0 Å². The first-order chi connectivity index (χ1) is 10.6. The normalized spacial score (nSPS) is 13.7. The summed E-state index contributed by atoms with van der Waals surface area (Å²) in [5, 5.41) is 14.3. The largest absolute Gasteiger partial charge is 0.325 e. The topological polar surface area (TPSA) is 72.2 Å². The zero-order valence-electron chi connectivity index (χ0n) is 11.4. The minimum absolute atomic E-state index is 0.0344. The highest BCUT2D eigenvalue weighted by atomic mass is 35.5. The minimum Gasteiger partial charge on any atom is -0.325 e. The Hall–Kier alpha value is -2.66. The molecule has 6 heteroatoms. The van der Waals surface area contributed by atoms with Crippen molar-refractivity contribution in [3.63, 3.8) is 0 Å². The molecule has 0 aromatic heterocycles. The summed E-state index contributed by atoms with van der Waals surface area (Å²) in [6.45, 7) is 0. The molecule has 0 saturated heterocycles. The molecule has 1 amide bonds. The molecule has 5 nitrogen and oxygen atoms in total. The average Bonchev–Trinajstić information content (AvgIpc) is 2.65. The molecule has 0 radical (unpaired) electrons. The highest BCUT2D eigenvalue weighted by Gasteiger charge is 2.20. The molecule has 0 bridgehead atoms. The summed E-state index contributed by atoms with van der Waals surface area (Å²) in [7, 11) is 0. The van der Waals surface area contributed by atoms with Crippen LogP contribution in [-0.4, -0.2) is 10.8 Å². The van der Waals surface area contributed by atoms with Gasteiger partial charge in [0.25, 0.3) is 5.69 Å². The smallest absolute Gasteiger partial charge is 0.270 e. The van der Waals surface area contributed by atoms with Crippen LogP contribution in [0.4, 0.5) is 11.4 Å². The fourth-order valence-electron chi connectivity index (χ4n) is 2.42. The molecule has 1 N–H and O–H groups in total. The predicted molar refractivity (Wildman–Crippen MR) is 84.9 cm³/mol. The number of benzene rings is 2. The van der Waals surface area contributed by atoms with E-state index in [1.807, 2.05) is 12.1 Å². The maximum Gasteiger partial charge on any atom is 0.270 e. The van der Waals surface area contributed by atoms with Crippen LogP contribution in [-0.2, 0) is 4.79 Å². The van der Waals surface area contributed by atoms with Crippen LogP contribution in [0.5, 0.6) is 0 Å². The number of fused-ring (bicyclic) bond motifs is 1. The van der Waals surface area contributed by atoms with Gasteiger partial charge in [-0.15, -0.1) is 0 Å². The SMILES string of the molecule is O=C1CC=C(c2ccccc2Cl)c2cc([N+](=O)[O-])ccc2N1. The van der Waals surface area contributed by atoms with Gasteiger partial charge in [0.15, 0.2) is 0 Å². The first-order valence-corrected chi connectivity index (χ1v) is 6.98. The van der Waals surface area contributed by atoms with Crippen molar-refractivity contribution in [3.8, 4) is 0 Å². The Labute approximate surface area is 131 Å². The number of nitrogens with zero attached hydrogens (tertiary/aromatic N) is 1. The van der Waals surface area contributed by atoms with Gasteiger partial charge in [-0.05, 0) is 17.7 Å². The van der Waals surface area contributed by atoms with Crippen molar-refractivity contribution in [3.05, 3.63) is 74.8 Å². The molecule has 110 valence electrons. The lowest BCUT2D eigenvalue weighted by Gasteiger charge is -2.12. The monoisotopic (exact) mass is 314 g/mol. The molecule has 0 atom stereocenters. The minimum atomic E-state index is -0.461. The maximum atomic E-state index is 11.8. The van der Waals surface area contributed by atoms with E-state index in [0.717, 1.165) is 5.56 Å². The van der Waals surface area contributed by atoms with Gasteiger partial charge in [0, 0.05) is 40.4 Å². The van der Waals surface area contributed by atoms with E-state index >= 15 is 0 Å². The Morgan fingerprint density at radius 2 is 1.91 bits per heavy atom. The van der Waals surface area contributed by atoms with Crippen molar-refractivity contribution < 1.29 is 9.72 Å². The molecule has 0 aliphatic carbocycles. The molecule has 2 aromatic rings. The number of nitro groups is 1. The third-order valence-corrected chi connectivity index (χ3v) is 3.76. The van der Waals surface area contributed by atoms with E-state index in [0.29, 0.717) is 21.8 Å². The zero-order chi connectivity index (χ0) is 15.7. The number of hydrogen-bond donors (Lipinski definition) is 1. The quantitative estimate of drug-likeness (QED) is 0.672. The van der Waals surface area contributed by atoms with Crippen molar-refractivity contribution >= 4 is 34.5 Å². The van der Waals surface area contributed by atoms with Gasteiger partial charge >= 0.3 is 0 Å². The number of amides is 1. The lowest BCUT2D eigenvalue weighted by molar-refractivity contribution is -0.384. The van der Waals surface area contributed by atoms with Crippen LogP contribution in [0, 0.1) is 10.1 Å². The fraction of sp³-hybridized carbons (Fsp3) is 0.0625. The Bertz CT molecular complexity index is 815. The fourth-order valence-corrected chi connectivity index (χ4v) is 2.66. The van der Waals surface area contributed by atoms with Gasteiger partial charge in [0.2, 0.25) is 5.91 Å². The van der Waals surface area contributed by atoms with Gasteiger partial charge in [-0.25, -0.2) is 0 Å². The summed E-state index contributed by atoms with van der Waals surface area (Å²) in [6.07, 6.45) is 1.93. The number of non-ortho nitro benzene ring substituents is 1. The molecule has 0 fully saturated rings. The Morgan fingerprint density at radius 3 is 2.64 bits per heavy atom.